The van der Waals surface area contributed by atoms with E-state index in [0.717, 1.165) is 19.4 Å². The molecule has 0 unspecified atom stereocenters. The highest BCUT2D eigenvalue weighted by molar-refractivity contribution is 5.80. The molecule has 2 aromatic rings. The summed E-state index contributed by atoms with van der Waals surface area (Å²) in [6.07, 6.45) is 1.68. The third kappa shape index (κ3) is 3.12. The average Bonchev–Trinajstić information content (AvgIpc) is 3.15. The normalized spacial score (nSPS) is 18.0. The minimum atomic E-state index is -0.460. The molecule has 3 rings (SSSR count). The van der Waals surface area contributed by atoms with Gasteiger partial charge in [-0.1, -0.05) is 0 Å². The van der Waals surface area contributed by atoms with Crippen LogP contribution in [0.3, 0.4) is 0 Å². The molecule has 0 saturated carbocycles. The summed E-state index contributed by atoms with van der Waals surface area (Å²) >= 11 is 0. The highest BCUT2D eigenvalue weighted by atomic mass is 19.1. The number of amides is 1. The van der Waals surface area contributed by atoms with Gasteiger partial charge in [-0.2, -0.15) is 0 Å². The minimum Gasteiger partial charge on any atom is -0.497 e. The van der Waals surface area contributed by atoms with Crippen molar-refractivity contribution in [3.05, 3.63) is 35.5 Å². The van der Waals surface area contributed by atoms with Crippen molar-refractivity contribution in [1.82, 2.24) is 9.88 Å². The number of nitrogens with zero attached hydrogens (tertiary/aromatic N) is 2. The lowest BCUT2D eigenvalue weighted by Gasteiger charge is -2.20. The van der Waals surface area contributed by atoms with Crippen LogP contribution in [0.2, 0.25) is 0 Å². The second-order valence-electron chi connectivity index (χ2n) is 5.90. The second kappa shape index (κ2) is 6.60. The quantitative estimate of drug-likeness (QED) is 0.907. The number of carbonyl (C=O) groups is 1. The van der Waals surface area contributed by atoms with Crippen LogP contribution < -0.4 is 10.5 Å². The van der Waals surface area contributed by atoms with Crippen molar-refractivity contribution in [2.45, 2.75) is 32.4 Å². The monoisotopic (exact) mass is 333 g/mol. The van der Waals surface area contributed by atoms with Crippen LogP contribution in [0, 0.1) is 12.7 Å². The highest BCUT2D eigenvalue weighted by Crippen LogP contribution is 2.28. The SMILES string of the molecule is COc1ccc(-c2nc(CN3CCC[C@H]3C(N)=O)c(C)o2)c(F)c1. The summed E-state index contributed by atoms with van der Waals surface area (Å²) in [5.41, 5.74) is 6.40. The zero-order valence-corrected chi connectivity index (χ0v) is 13.7. The molecule has 128 valence electrons. The van der Waals surface area contributed by atoms with Crippen LogP contribution in [0.25, 0.3) is 11.5 Å². The minimum absolute atomic E-state index is 0.220. The smallest absolute Gasteiger partial charge is 0.234 e. The van der Waals surface area contributed by atoms with Gasteiger partial charge in [-0.3, -0.25) is 9.69 Å². The lowest BCUT2D eigenvalue weighted by atomic mass is 10.2. The molecule has 1 atom stereocenters. The molecule has 1 aromatic heterocycles. The highest BCUT2D eigenvalue weighted by Gasteiger charge is 2.30. The number of aromatic nitrogens is 1. The summed E-state index contributed by atoms with van der Waals surface area (Å²) in [6.45, 7) is 3.02. The molecule has 1 aliphatic heterocycles. The molecule has 0 aliphatic carbocycles. The van der Waals surface area contributed by atoms with Crippen molar-refractivity contribution in [2.24, 2.45) is 5.73 Å². The average molecular weight is 333 g/mol. The fraction of sp³-hybridized carbons (Fsp3) is 0.412. The summed E-state index contributed by atoms with van der Waals surface area (Å²) in [7, 11) is 1.48. The zero-order valence-electron chi connectivity index (χ0n) is 13.7. The Morgan fingerprint density at radius 2 is 2.33 bits per heavy atom. The van der Waals surface area contributed by atoms with E-state index >= 15 is 0 Å². The number of methoxy groups -OCH3 is 1. The molecule has 7 heteroatoms. The van der Waals surface area contributed by atoms with Crippen LogP contribution in [-0.4, -0.2) is 35.5 Å². The first-order valence-electron chi connectivity index (χ1n) is 7.83. The molecule has 2 heterocycles. The van der Waals surface area contributed by atoms with Crippen LogP contribution in [0.4, 0.5) is 4.39 Å². The summed E-state index contributed by atoms with van der Waals surface area (Å²) in [5.74, 6) is 0.474. The fourth-order valence-corrected chi connectivity index (χ4v) is 3.02. The van der Waals surface area contributed by atoms with Gasteiger partial charge in [0, 0.05) is 12.6 Å². The number of nitrogens with two attached hydrogens (primary N) is 1. The van der Waals surface area contributed by atoms with Crippen LogP contribution in [0.1, 0.15) is 24.3 Å². The van der Waals surface area contributed by atoms with Crippen LogP contribution >= 0.6 is 0 Å². The van der Waals surface area contributed by atoms with Crippen LogP contribution in [-0.2, 0) is 11.3 Å². The van der Waals surface area contributed by atoms with E-state index in [-0.39, 0.29) is 23.4 Å². The van der Waals surface area contributed by atoms with Crippen molar-refractivity contribution in [1.29, 1.82) is 0 Å². The van der Waals surface area contributed by atoms with Gasteiger partial charge in [0.05, 0.1) is 24.4 Å². The molecule has 1 aliphatic rings. The Balaban J connectivity index is 1.84. The van der Waals surface area contributed by atoms with E-state index in [1.165, 1.54) is 13.2 Å². The van der Waals surface area contributed by atoms with E-state index in [0.29, 0.717) is 23.7 Å². The number of oxazole rings is 1. The molecular weight excluding hydrogens is 313 g/mol. The summed E-state index contributed by atoms with van der Waals surface area (Å²) in [5, 5.41) is 0. The molecule has 0 radical (unpaired) electrons. The first-order chi connectivity index (χ1) is 11.5. The molecule has 1 aromatic carbocycles. The number of likely N-dealkylation sites (tertiary alicyclic amines) is 1. The van der Waals surface area contributed by atoms with E-state index < -0.39 is 5.82 Å². The number of hydrogen-bond acceptors (Lipinski definition) is 5. The second-order valence-corrected chi connectivity index (χ2v) is 5.90. The van der Waals surface area contributed by atoms with Gasteiger partial charge in [0.15, 0.2) is 0 Å². The molecular formula is C17H20FN3O3. The maximum atomic E-state index is 14.2. The van der Waals surface area contributed by atoms with Gasteiger partial charge in [0.1, 0.15) is 17.3 Å². The number of primary amides is 1. The maximum absolute atomic E-state index is 14.2. The van der Waals surface area contributed by atoms with Gasteiger partial charge in [0.2, 0.25) is 11.8 Å². The fourth-order valence-electron chi connectivity index (χ4n) is 3.02. The Morgan fingerprint density at radius 3 is 3.00 bits per heavy atom. The topological polar surface area (TPSA) is 81.6 Å². The Bertz CT molecular complexity index is 760. The number of aryl methyl sites for hydroxylation is 1. The van der Waals surface area contributed by atoms with Crippen LogP contribution in [0.15, 0.2) is 22.6 Å². The predicted molar refractivity (Wildman–Crippen MR) is 85.8 cm³/mol. The largest absolute Gasteiger partial charge is 0.497 e. The van der Waals surface area contributed by atoms with E-state index in [4.69, 9.17) is 14.9 Å². The Morgan fingerprint density at radius 1 is 1.54 bits per heavy atom. The number of ether oxygens (including phenoxy) is 1. The van der Waals surface area contributed by atoms with E-state index in [2.05, 4.69) is 4.98 Å². The third-order valence-corrected chi connectivity index (χ3v) is 4.34. The summed E-state index contributed by atoms with van der Waals surface area (Å²) < 4.78 is 24.8. The molecule has 1 fully saturated rings. The molecule has 1 saturated heterocycles. The number of hydrogen-bond donors (Lipinski definition) is 1. The molecule has 6 nitrogen and oxygen atoms in total. The van der Waals surface area contributed by atoms with Gasteiger partial charge < -0.3 is 14.9 Å². The number of halogens is 1. The van der Waals surface area contributed by atoms with Gasteiger partial charge >= 0.3 is 0 Å². The summed E-state index contributed by atoms with van der Waals surface area (Å²) in [4.78, 5) is 17.9. The van der Waals surface area contributed by atoms with Gasteiger partial charge in [0.25, 0.3) is 0 Å². The zero-order chi connectivity index (χ0) is 17.3. The maximum Gasteiger partial charge on any atom is 0.234 e. The lowest BCUT2D eigenvalue weighted by Crippen LogP contribution is -2.39. The number of carbonyl (C=O) groups excluding carboxylic acids is 1. The number of benzene rings is 1. The van der Waals surface area contributed by atoms with Crippen molar-refractivity contribution in [3.63, 3.8) is 0 Å². The first kappa shape index (κ1) is 16.4. The summed E-state index contributed by atoms with van der Waals surface area (Å²) in [6, 6.07) is 4.24. The van der Waals surface area contributed by atoms with Crippen molar-refractivity contribution < 1.29 is 18.3 Å². The van der Waals surface area contributed by atoms with Gasteiger partial charge in [-0.25, -0.2) is 9.37 Å². The van der Waals surface area contributed by atoms with E-state index in [9.17, 15) is 9.18 Å². The van der Waals surface area contributed by atoms with E-state index in [1.54, 1.807) is 19.1 Å². The standard InChI is InChI=1S/C17H20FN3O3/c1-10-14(9-21-7-3-4-15(21)16(19)22)20-17(24-10)12-6-5-11(23-2)8-13(12)18/h5-6,8,15H,3-4,7,9H2,1-2H3,(H2,19,22)/t15-/m0/s1. The van der Waals surface area contributed by atoms with Crippen LogP contribution in [0.5, 0.6) is 5.75 Å². The van der Waals surface area contributed by atoms with Gasteiger partial charge in [-0.15, -0.1) is 0 Å². The molecule has 2 N–H and O–H groups in total. The lowest BCUT2D eigenvalue weighted by molar-refractivity contribution is -0.122. The van der Waals surface area contributed by atoms with E-state index in [1.807, 2.05) is 4.90 Å². The van der Waals surface area contributed by atoms with Crippen molar-refractivity contribution >= 4 is 5.91 Å². The Kier molecular flexibility index (Phi) is 4.53. The third-order valence-electron chi connectivity index (χ3n) is 4.34. The van der Waals surface area contributed by atoms with Crippen molar-refractivity contribution in [3.8, 4) is 17.2 Å². The Labute approximate surface area is 139 Å². The van der Waals surface area contributed by atoms with Crippen molar-refractivity contribution in [2.75, 3.05) is 13.7 Å². The molecule has 0 bridgehead atoms. The van der Waals surface area contributed by atoms with Gasteiger partial charge in [-0.05, 0) is 38.4 Å². The predicted octanol–water partition coefficient (Wildman–Crippen LogP) is 2.25. The molecule has 0 spiro atoms. The molecule has 1 amide bonds. The Hall–Kier alpha value is -2.41. The molecule has 24 heavy (non-hydrogen) atoms. The first-order valence-corrected chi connectivity index (χ1v) is 7.83. The number of rotatable bonds is 5.